The summed E-state index contributed by atoms with van der Waals surface area (Å²) >= 11 is 0. The molecule has 6 heteroatoms. The van der Waals surface area contributed by atoms with E-state index in [0.29, 0.717) is 12.2 Å². The van der Waals surface area contributed by atoms with Crippen molar-refractivity contribution < 1.29 is 14.7 Å². The molecule has 1 heterocycles. The van der Waals surface area contributed by atoms with Crippen molar-refractivity contribution in [2.24, 2.45) is 0 Å². The van der Waals surface area contributed by atoms with E-state index in [1.165, 1.54) is 4.90 Å². The number of benzene rings is 1. The lowest BCUT2D eigenvalue weighted by Crippen LogP contribution is -2.33. The Balaban J connectivity index is 2.12. The SMILES string of the molecule is CCN(CCC(=O)O)C(=O)c1ccn(-c2ccccc2)n1. The van der Waals surface area contributed by atoms with Gasteiger partial charge in [-0.2, -0.15) is 5.10 Å². The molecule has 0 aliphatic heterocycles. The lowest BCUT2D eigenvalue weighted by atomic mass is 10.3. The maximum absolute atomic E-state index is 12.3. The monoisotopic (exact) mass is 287 g/mol. The Kier molecular flexibility index (Phi) is 4.71. The van der Waals surface area contributed by atoms with Gasteiger partial charge in [0.25, 0.3) is 5.91 Å². The summed E-state index contributed by atoms with van der Waals surface area (Å²) in [6.07, 6.45) is 1.65. The van der Waals surface area contributed by atoms with Crippen LogP contribution in [0.1, 0.15) is 23.8 Å². The van der Waals surface area contributed by atoms with Crippen LogP contribution in [0.25, 0.3) is 5.69 Å². The number of rotatable bonds is 6. The van der Waals surface area contributed by atoms with E-state index in [1.54, 1.807) is 16.9 Å². The minimum Gasteiger partial charge on any atom is -0.481 e. The van der Waals surface area contributed by atoms with Crippen molar-refractivity contribution in [2.45, 2.75) is 13.3 Å². The summed E-state index contributed by atoms with van der Waals surface area (Å²) < 4.78 is 1.62. The summed E-state index contributed by atoms with van der Waals surface area (Å²) in [4.78, 5) is 24.4. The minimum atomic E-state index is -0.920. The molecule has 0 aliphatic carbocycles. The number of hydrogen-bond acceptors (Lipinski definition) is 3. The van der Waals surface area contributed by atoms with E-state index < -0.39 is 5.97 Å². The smallest absolute Gasteiger partial charge is 0.305 e. The normalized spacial score (nSPS) is 10.3. The van der Waals surface area contributed by atoms with Gasteiger partial charge in [-0.05, 0) is 25.1 Å². The Bertz CT molecular complexity index is 622. The number of para-hydroxylation sites is 1. The summed E-state index contributed by atoms with van der Waals surface area (Å²) in [5.41, 5.74) is 1.18. The summed E-state index contributed by atoms with van der Waals surface area (Å²) in [6.45, 7) is 2.45. The molecule has 0 saturated heterocycles. The van der Waals surface area contributed by atoms with Crippen LogP contribution in [0.5, 0.6) is 0 Å². The van der Waals surface area contributed by atoms with Crippen molar-refractivity contribution in [1.29, 1.82) is 0 Å². The Morgan fingerprint density at radius 3 is 2.57 bits per heavy atom. The number of carbonyl (C=O) groups excluding carboxylic acids is 1. The van der Waals surface area contributed by atoms with Crippen LogP contribution in [0.3, 0.4) is 0 Å². The molecule has 0 spiro atoms. The molecular weight excluding hydrogens is 270 g/mol. The van der Waals surface area contributed by atoms with E-state index in [2.05, 4.69) is 5.10 Å². The number of carbonyl (C=O) groups is 2. The number of aliphatic carboxylic acids is 1. The number of aromatic nitrogens is 2. The maximum atomic E-state index is 12.3. The van der Waals surface area contributed by atoms with Crippen LogP contribution in [0.4, 0.5) is 0 Å². The lowest BCUT2D eigenvalue weighted by Gasteiger charge is -2.18. The van der Waals surface area contributed by atoms with Gasteiger partial charge in [0.15, 0.2) is 5.69 Å². The van der Waals surface area contributed by atoms with Crippen molar-refractivity contribution >= 4 is 11.9 Å². The van der Waals surface area contributed by atoms with Crippen LogP contribution < -0.4 is 0 Å². The zero-order valence-electron chi connectivity index (χ0n) is 11.8. The Hall–Kier alpha value is -2.63. The molecule has 6 nitrogen and oxygen atoms in total. The second-order valence-corrected chi connectivity index (χ2v) is 4.51. The predicted molar refractivity (Wildman–Crippen MR) is 77.4 cm³/mol. The van der Waals surface area contributed by atoms with E-state index in [0.717, 1.165) is 5.69 Å². The first-order valence-electron chi connectivity index (χ1n) is 6.74. The quantitative estimate of drug-likeness (QED) is 0.879. The fourth-order valence-corrected chi connectivity index (χ4v) is 1.96. The number of hydrogen-bond donors (Lipinski definition) is 1. The fourth-order valence-electron chi connectivity index (χ4n) is 1.96. The lowest BCUT2D eigenvalue weighted by molar-refractivity contribution is -0.137. The second-order valence-electron chi connectivity index (χ2n) is 4.51. The van der Waals surface area contributed by atoms with Crippen LogP contribution in [0.15, 0.2) is 42.6 Å². The molecule has 0 saturated carbocycles. The van der Waals surface area contributed by atoms with Gasteiger partial charge >= 0.3 is 5.97 Å². The largest absolute Gasteiger partial charge is 0.481 e. The average Bonchev–Trinajstić information content (AvgIpc) is 2.98. The zero-order valence-corrected chi connectivity index (χ0v) is 11.8. The van der Waals surface area contributed by atoms with Crippen LogP contribution in [0.2, 0.25) is 0 Å². The number of amides is 1. The molecule has 0 unspecified atom stereocenters. The molecule has 0 radical (unpaired) electrons. The first kappa shape index (κ1) is 14.8. The van der Waals surface area contributed by atoms with Crippen LogP contribution in [0, 0.1) is 0 Å². The first-order valence-corrected chi connectivity index (χ1v) is 6.74. The van der Waals surface area contributed by atoms with Gasteiger partial charge in [-0.15, -0.1) is 0 Å². The summed E-state index contributed by atoms with van der Waals surface area (Å²) in [5.74, 6) is -1.18. The molecular formula is C15H17N3O3. The topological polar surface area (TPSA) is 75.4 Å². The van der Waals surface area contributed by atoms with E-state index in [-0.39, 0.29) is 18.9 Å². The number of carboxylic acid groups (broad SMARTS) is 1. The molecule has 1 N–H and O–H groups in total. The minimum absolute atomic E-state index is 0.0705. The average molecular weight is 287 g/mol. The molecule has 0 atom stereocenters. The fraction of sp³-hybridized carbons (Fsp3) is 0.267. The van der Waals surface area contributed by atoms with Crippen LogP contribution in [-0.2, 0) is 4.79 Å². The highest BCUT2D eigenvalue weighted by molar-refractivity contribution is 5.92. The van der Waals surface area contributed by atoms with Gasteiger partial charge < -0.3 is 10.0 Å². The third-order valence-corrected chi connectivity index (χ3v) is 3.09. The standard InChI is InChI=1S/C15H17N3O3/c1-2-17(10-9-14(19)20)15(21)13-8-11-18(16-13)12-6-4-3-5-7-12/h3-8,11H,2,9-10H2,1H3,(H,19,20). The van der Waals surface area contributed by atoms with Crippen molar-refractivity contribution in [3.8, 4) is 5.69 Å². The molecule has 2 rings (SSSR count). The van der Waals surface area contributed by atoms with Gasteiger partial charge in [0.05, 0.1) is 12.1 Å². The molecule has 110 valence electrons. The molecule has 0 bridgehead atoms. The molecule has 0 aliphatic rings. The van der Waals surface area contributed by atoms with Gasteiger partial charge in [-0.1, -0.05) is 18.2 Å². The third-order valence-electron chi connectivity index (χ3n) is 3.09. The van der Waals surface area contributed by atoms with E-state index in [9.17, 15) is 9.59 Å². The summed E-state index contributed by atoms with van der Waals surface area (Å²) in [6, 6.07) is 11.1. The predicted octanol–water partition coefficient (Wildman–Crippen LogP) is 1.81. The van der Waals surface area contributed by atoms with Crippen molar-refractivity contribution in [3.05, 3.63) is 48.3 Å². The molecule has 21 heavy (non-hydrogen) atoms. The van der Waals surface area contributed by atoms with Gasteiger partial charge in [0, 0.05) is 19.3 Å². The second kappa shape index (κ2) is 6.69. The molecule has 0 fully saturated rings. The number of carboxylic acids is 1. The Morgan fingerprint density at radius 2 is 1.95 bits per heavy atom. The van der Waals surface area contributed by atoms with E-state index in [4.69, 9.17) is 5.11 Å². The van der Waals surface area contributed by atoms with E-state index >= 15 is 0 Å². The van der Waals surface area contributed by atoms with Crippen molar-refractivity contribution in [1.82, 2.24) is 14.7 Å². The van der Waals surface area contributed by atoms with Gasteiger partial charge in [-0.25, -0.2) is 4.68 Å². The highest BCUT2D eigenvalue weighted by atomic mass is 16.4. The molecule has 1 aromatic heterocycles. The highest BCUT2D eigenvalue weighted by Crippen LogP contribution is 2.09. The number of nitrogens with zero attached hydrogens (tertiary/aromatic N) is 3. The van der Waals surface area contributed by atoms with Gasteiger partial charge in [0.2, 0.25) is 0 Å². The van der Waals surface area contributed by atoms with Crippen LogP contribution >= 0.6 is 0 Å². The van der Waals surface area contributed by atoms with Crippen molar-refractivity contribution in [2.75, 3.05) is 13.1 Å². The van der Waals surface area contributed by atoms with Crippen LogP contribution in [-0.4, -0.2) is 44.8 Å². The van der Waals surface area contributed by atoms with E-state index in [1.807, 2.05) is 37.3 Å². The maximum Gasteiger partial charge on any atom is 0.305 e. The van der Waals surface area contributed by atoms with Gasteiger partial charge in [0.1, 0.15) is 0 Å². The van der Waals surface area contributed by atoms with Gasteiger partial charge in [-0.3, -0.25) is 9.59 Å². The highest BCUT2D eigenvalue weighted by Gasteiger charge is 2.17. The molecule has 2 aromatic rings. The Morgan fingerprint density at radius 1 is 1.24 bits per heavy atom. The zero-order chi connectivity index (χ0) is 15.2. The summed E-state index contributed by atoms with van der Waals surface area (Å²) in [7, 11) is 0. The third kappa shape index (κ3) is 3.68. The molecule has 1 aromatic carbocycles. The van der Waals surface area contributed by atoms with Crippen molar-refractivity contribution in [3.63, 3.8) is 0 Å². The molecule has 1 amide bonds. The first-order chi connectivity index (χ1) is 10.1. The Labute approximate surface area is 122 Å². The summed E-state index contributed by atoms with van der Waals surface area (Å²) in [5, 5.41) is 13.0.